The lowest BCUT2D eigenvalue weighted by atomic mass is 9.96. The molecule has 0 bridgehead atoms. The Morgan fingerprint density at radius 3 is 2.30 bits per heavy atom. The van der Waals surface area contributed by atoms with Gasteiger partial charge in [-0.15, -0.1) is 0 Å². The molecular formula is C28H28F2N2O4S. The number of carbonyl (C=O) groups excluding carboxylic acids is 2. The number of benzene rings is 3. The van der Waals surface area contributed by atoms with E-state index in [-0.39, 0.29) is 30.1 Å². The van der Waals surface area contributed by atoms with Crippen molar-refractivity contribution in [1.82, 2.24) is 0 Å². The molecule has 1 atom stereocenters. The fourth-order valence-corrected chi connectivity index (χ4v) is 5.10. The van der Waals surface area contributed by atoms with E-state index in [0.717, 1.165) is 18.7 Å². The number of Topliss-reactive ketones (excluding diaryl/α,β-unsaturated/α-hetero) is 1. The zero-order chi connectivity index (χ0) is 26.8. The van der Waals surface area contributed by atoms with Gasteiger partial charge in [0.1, 0.15) is 5.78 Å². The fraction of sp³-hybridized carbons (Fsp3) is 0.286. The Morgan fingerprint density at radius 2 is 1.68 bits per heavy atom. The number of nitrogens with one attached hydrogen (secondary N) is 1. The summed E-state index contributed by atoms with van der Waals surface area (Å²) in [6.45, 7) is 1.32. The second-order valence-corrected chi connectivity index (χ2v) is 11.2. The maximum absolute atomic E-state index is 13.4. The number of hydrogen-bond acceptors (Lipinski definition) is 4. The molecule has 0 unspecified atom stereocenters. The van der Waals surface area contributed by atoms with Crippen molar-refractivity contribution in [3.05, 3.63) is 83.9 Å². The molecule has 0 saturated carbocycles. The van der Waals surface area contributed by atoms with E-state index in [9.17, 15) is 26.8 Å². The third-order valence-electron chi connectivity index (χ3n) is 6.37. The molecule has 0 aliphatic carbocycles. The smallest absolute Gasteiger partial charge is 0.270 e. The number of alkyl halides is 2. The molecule has 1 fully saturated rings. The highest BCUT2D eigenvalue weighted by atomic mass is 32.2. The van der Waals surface area contributed by atoms with Gasteiger partial charge in [0.15, 0.2) is 0 Å². The number of rotatable bonds is 9. The van der Waals surface area contributed by atoms with E-state index in [0.29, 0.717) is 35.5 Å². The number of carbonyl (C=O) groups is 2. The van der Waals surface area contributed by atoms with Crippen LogP contribution in [0.25, 0.3) is 11.1 Å². The van der Waals surface area contributed by atoms with Gasteiger partial charge in [-0.05, 0) is 35.7 Å². The second kappa shape index (κ2) is 10.4. The molecule has 4 rings (SSSR count). The average Bonchev–Trinajstić information content (AvgIpc) is 3.18. The Bertz CT molecular complexity index is 1400. The normalized spacial score (nSPS) is 16.2. The summed E-state index contributed by atoms with van der Waals surface area (Å²) in [5.41, 5.74) is 3.21. The molecule has 1 aliphatic heterocycles. The van der Waals surface area contributed by atoms with Crippen molar-refractivity contribution in [2.45, 2.75) is 32.1 Å². The zero-order valence-corrected chi connectivity index (χ0v) is 21.4. The standard InChI is InChI=1S/C28H28F2N2O4S/c1-28(29,30)22-11-7-19(8-12-22)17-24(33)18-21-15-16-32(27(21)34)23-13-9-20(10-14-23)25-5-3-4-6-26(25)31-37(2,35)36/h3-14,21,31H,15-18H2,1-2H3/t21-/m0/s1. The molecule has 194 valence electrons. The molecule has 3 aromatic carbocycles. The van der Waals surface area contributed by atoms with Crippen LogP contribution in [-0.4, -0.2) is 32.9 Å². The lowest BCUT2D eigenvalue weighted by molar-refractivity contribution is -0.125. The number of para-hydroxylation sites is 1. The molecular weight excluding hydrogens is 498 g/mol. The largest absolute Gasteiger partial charge is 0.312 e. The Kier molecular flexibility index (Phi) is 7.45. The van der Waals surface area contributed by atoms with Gasteiger partial charge >= 0.3 is 0 Å². The number of nitrogens with zero attached hydrogens (tertiary/aromatic N) is 1. The summed E-state index contributed by atoms with van der Waals surface area (Å²) in [4.78, 5) is 27.3. The fourth-order valence-electron chi connectivity index (χ4n) is 4.52. The predicted molar refractivity (Wildman–Crippen MR) is 140 cm³/mol. The summed E-state index contributed by atoms with van der Waals surface area (Å²) in [5.74, 6) is -3.59. The van der Waals surface area contributed by atoms with E-state index < -0.39 is 21.9 Å². The monoisotopic (exact) mass is 526 g/mol. The molecule has 1 saturated heterocycles. The molecule has 6 nitrogen and oxygen atoms in total. The van der Waals surface area contributed by atoms with Gasteiger partial charge in [0, 0.05) is 49.0 Å². The first kappa shape index (κ1) is 26.5. The van der Waals surface area contributed by atoms with Gasteiger partial charge in [0.05, 0.1) is 11.9 Å². The van der Waals surface area contributed by atoms with Crippen LogP contribution in [0.4, 0.5) is 20.2 Å². The van der Waals surface area contributed by atoms with Crippen molar-refractivity contribution in [1.29, 1.82) is 0 Å². The Balaban J connectivity index is 1.39. The van der Waals surface area contributed by atoms with Crippen molar-refractivity contribution < 1.29 is 26.8 Å². The molecule has 1 heterocycles. The number of halogens is 2. The van der Waals surface area contributed by atoms with Crippen molar-refractivity contribution in [3.63, 3.8) is 0 Å². The first-order valence-corrected chi connectivity index (χ1v) is 13.8. The van der Waals surface area contributed by atoms with Crippen LogP contribution < -0.4 is 9.62 Å². The van der Waals surface area contributed by atoms with E-state index in [1.165, 1.54) is 24.3 Å². The Hall–Kier alpha value is -3.59. The van der Waals surface area contributed by atoms with Crippen molar-refractivity contribution >= 4 is 33.1 Å². The van der Waals surface area contributed by atoms with E-state index in [1.807, 2.05) is 24.3 Å². The van der Waals surface area contributed by atoms with Gasteiger partial charge in [0.2, 0.25) is 15.9 Å². The quantitative estimate of drug-likeness (QED) is 0.405. The van der Waals surface area contributed by atoms with Crippen LogP contribution in [0.15, 0.2) is 72.8 Å². The third-order valence-corrected chi connectivity index (χ3v) is 6.96. The first-order chi connectivity index (χ1) is 17.4. The van der Waals surface area contributed by atoms with Gasteiger partial charge < -0.3 is 4.90 Å². The van der Waals surface area contributed by atoms with Crippen molar-refractivity contribution in [2.24, 2.45) is 5.92 Å². The van der Waals surface area contributed by atoms with Gasteiger partial charge in [-0.3, -0.25) is 14.3 Å². The van der Waals surface area contributed by atoms with E-state index in [4.69, 9.17) is 0 Å². The van der Waals surface area contributed by atoms with Crippen LogP contribution in [0.3, 0.4) is 0 Å². The minimum atomic E-state index is -3.44. The van der Waals surface area contributed by atoms with Crippen LogP contribution in [0.1, 0.15) is 30.9 Å². The molecule has 1 N–H and O–H groups in total. The summed E-state index contributed by atoms with van der Waals surface area (Å²) in [6.07, 6.45) is 1.84. The van der Waals surface area contributed by atoms with Crippen LogP contribution in [0, 0.1) is 5.92 Å². The van der Waals surface area contributed by atoms with Gasteiger partial charge in [-0.1, -0.05) is 54.6 Å². The number of sulfonamides is 1. The van der Waals surface area contributed by atoms with Crippen molar-refractivity contribution in [3.8, 4) is 11.1 Å². The summed E-state index contributed by atoms with van der Waals surface area (Å²) in [6, 6.07) is 20.0. The van der Waals surface area contributed by atoms with E-state index in [1.54, 1.807) is 29.2 Å². The van der Waals surface area contributed by atoms with Gasteiger partial charge in [-0.25, -0.2) is 17.2 Å². The van der Waals surface area contributed by atoms with Gasteiger partial charge in [0.25, 0.3) is 5.92 Å². The molecule has 0 radical (unpaired) electrons. The highest BCUT2D eigenvalue weighted by molar-refractivity contribution is 7.92. The number of hydrogen-bond donors (Lipinski definition) is 1. The van der Waals surface area contributed by atoms with E-state index in [2.05, 4.69) is 4.72 Å². The summed E-state index contributed by atoms with van der Waals surface area (Å²) < 4.78 is 52.7. The summed E-state index contributed by atoms with van der Waals surface area (Å²) in [5, 5.41) is 0. The maximum Gasteiger partial charge on any atom is 0.270 e. The lowest BCUT2D eigenvalue weighted by Crippen LogP contribution is -2.28. The molecule has 0 aromatic heterocycles. The highest BCUT2D eigenvalue weighted by Crippen LogP contribution is 2.33. The SMILES string of the molecule is CC(F)(F)c1ccc(CC(=O)C[C@@H]2CCN(c3ccc(-c4ccccc4NS(C)(=O)=O)cc3)C2=O)cc1. The summed E-state index contributed by atoms with van der Waals surface area (Å²) >= 11 is 0. The lowest BCUT2D eigenvalue weighted by Gasteiger charge is -2.18. The number of amides is 1. The first-order valence-electron chi connectivity index (χ1n) is 11.9. The van der Waals surface area contributed by atoms with E-state index >= 15 is 0 Å². The van der Waals surface area contributed by atoms with Gasteiger partial charge in [-0.2, -0.15) is 0 Å². The molecule has 1 amide bonds. The van der Waals surface area contributed by atoms with Crippen LogP contribution >= 0.6 is 0 Å². The average molecular weight is 527 g/mol. The molecule has 1 aliphatic rings. The highest BCUT2D eigenvalue weighted by Gasteiger charge is 2.34. The van der Waals surface area contributed by atoms with Crippen molar-refractivity contribution in [2.75, 3.05) is 22.4 Å². The number of anilines is 2. The number of ketones is 1. The predicted octanol–water partition coefficient (Wildman–Crippen LogP) is 5.39. The Morgan fingerprint density at radius 1 is 1.03 bits per heavy atom. The third kappa shape index (κ3) is 6.60. The minimum Gasteiger partial charge on any atom is -0.312 e. The van der Waals surface area contributed by atoms with Crippen LogP contribution in [-0.2, 0) is 32.0 Å². The van der Waals surface area contributed by atoms with Crippen LogP contribution in [0.5, 0.6) is 0 Å². The molecule has 37 heavy (non-hydrogen) atoms. The topological polar surface area (TPSA) is 83.6 Å². The molecule has 3 aromatic rings. The van der Waals surface area contributed by atoms with Crippen LogP contribution in [0.2, 0.25) is 0 Å². The molecule has 0 spiro atoms. The summed E-state index contributed by atoms with van der Waals surface area (Å²) in [7, 11) is -3.44. The zero-order valence-electron chi connectivity index (χ0n) is 20.6. The minimum absolute atomic E-state index is 0.0922. The molecule has 9 heteroatoms. The maximum atomic E-state index is 13.4. The second-order valence-electron chi connectivity index (χ2n) is 9.45. The Labute approximate surface area is 215 Å².